The van der Waals surface area contributed by atoms with Gasteiger partial charge in [-0.1, -0.05) is 18.2 Å². The van der Waals surface area contributed by atoms with E-state index in [0.717, 1.165) is 38.9 Å². The molecule has 24 heavy (non-hydrogen) atoms. The first-order valence-corrected chi connectivity index (χ1v) is 8.72. The van der Waals surface area contributed by atoms with E-state index in [4.69, 9.17) is 5.73 Å². The maximum absolute atomic E-state index is 13.8. The van der Waals surface area contributed by atoms with Gasteiger partial charge in [0, 0.05) is 37.2 Å². The van der Waals surface area contributed by atoms with Gasteiger partial charge in [-0.05, 0) is 38.4 Å². The first kappa shape index (κ1) is 17.3. The molecular weight excluding hydrogens is 309 g/mol. The maximum Gasteiger partial charge on any atom is 0.220 e. The molecule has 3 N–H and O–H groups in total. The van der Waals surface area contributed by atoms with Crippen molar-refractivity contribution in [3.8, 4) is 0 Å². The molecule has 0 unspecified atom stereocenters. The summed E-state index contributed by atoms with van der Waals surface area (Å²) in [7, 11) is 0. The van der Waals surface area contributed by atoms with Gasteiger partial charge in [-0.3, -0.25) is 14.6 Å². The number of aliphatic hydroxyl groups excluding tert-OH is 1. The third-order valence-corrected chi connectivity index (χ3v) is 5.38. The summed E-state index contributed by atoms with van der Waals surface area (Å²) in [6.45, 7) is 3.53. The van der Waals surface area contributed by atoms with Crippen LogP contribution in [0.5, 0.6) is 0 Å². The van der Waals surface area contributed by atoms with E-state index >= 15 is 0 Å². The van der Waals surface area contributed by atoms with Crippen LogP contribution >= 0.6 is 0 Å². The van der Waals surface area contributed by atoms with Crippen molar-refractivity contribution in [1.82, 2.24) is 9.80 Å². The summed E-state index contributed by atoms with van der Waals surface area (Å²) >= 11 is 0. The van der Waals surface area contributed by atoms with Crippen LogP contribution in [-0.4, -0.2) is 59.1 Å². The summed E-state index contributed by atoms with van der Waals surface area (Å²) in [5, 5.41) is 10.5. The highest BCUT2D eigenvalue weighted by molar-refractivity contribution is 5.76. The molecule has 6 heteroatoms. The Morgan fingerprint density at radius 1 is 1.21 bits per heavy atom. The standard InChI is InChI=1S/C18H26FN3O2/c19-15-4-2-1-3-14(15)11-21-8-7-16(17(23)12-21)22-9-5-13(6-10-22)18(20)24/h1-4,13,16-17,23H,5-12H2,(H2,20,24)/t16-,17-/m1/s1. The number of nitrogens with two attached hydrogens (primary N) is 1. The number of amides is 1. The highest BCUT2D eigenvalue weighted by Gasteiger charge is 2.35. The molecule has 0 radical (unpaired) electrons. The summed E-state index contributed by atoms with van der Waals surface area (Å²) in [4.78, 5) is 15.7. The molecule has 1 amide bonds. The average Bonchev–Trinajstić information content (AvgIpc) is 2.57. The van der Waals surface area contributed by atoms with Gasteiger partial charge in [0.05, 0.1) is 6.10 Å². The predicted octanol–water partition coefficient (Wildman–Crippen LogP) is 0.958. The number of halogens is 1. The van der Waals surface area contributed by atoms with Crippen LogP contribution in [0.2, 0.25) is 0 Å². The van der Waals surface area contributed by atoms with E-state index in [2.05, 4.69) is 9.80 Å². The number of hydrogen-bond donors (Lipinski definition) is 2. The minimum absolute atomic E-state index is 0.0282. The highest BCUT2D eigenvalue weighted by Crippen LogP contribution is 2.25. The van der Waals surface area contributed by atoms with Crippen molar-refractivity contribution in [2.45, 2.75) is 38.0 Å². The molecule has 5 nitrogen and oxygen atoms in total. The first-order chi connectivity index (χ1) is 11.5. The number of aliphatic hydroxyl groups is 1. The Morgan fingerprint density at radius 3 is 2.54 bits per heavy atom. The summed E-state index contributed by atoms with van der Waals surface area (Å²) < 4.78 is 13.8. The molecule has 3 rings (SSSR count). The van der Waals surface area contributed by atoms with Crippen LogP contribution in [0.4, 0.5) is 4.39 Å². The van der Waals surface area contributed by atoms with Gasteiger partial charge in [0.15, 0.2) is 0 Å². The van der Waals surface area contributed by atoms with E-state index in [-0.39, 0.29) is 23.7 Å². The number of primary amides is 1. The van der Waals surface area contributed by atoms with E-state index in [9.17, 15) is 14.3 Å². The molecule has 0 aromatic heterocycles. The monoisotopic (exact) mass is 335 g/mol. The minimum atomic E-state index is -0.448. The molecule has 2 atom stereocenters. The minimum Gasteiger partial charge on any atom is -0.390 e. The molecule has 0 aliphatic carbocycles. The molecular formula is C18H26FN3O2. The number of nitrogens with zero attached hydrogens (tertiary/aromatic N) is 2. The number of piperidine rings is 2. The van der Waals surface area contributed by atoms with E-state index in [0.29, 0.717) is 18.7 Å². The average molecular weight is 335 g/mol. The zero-order valence-corrected chi connectivity index (χ0v) is 13.9. The van der Waals surface area contributed by atoms with Crippen LogP contribution in [0, 0.1) is 11.7 Å². The molecule has 2 saturated heterocycles. The predicted molar refractivity (Wildman–Crippen MR) is 89.6 cm³/mol. The Bertz CT molecular complexity index is 575. The van der Waals surface area contributed by atoms with Crippen LogP contribution in [0.3, 0.4) is 0 Å². The van der Waals surface area contributed by atoms with Gasteiger partial charge in [-0.2, -0.15) is 0 Å². The molecule has 2 fully saturated rings. The zero-order valence-electron chi connectivity index (χ0n) is 13.9. The maximum atomic E-state index is 13.8. The van der Waals surface area contributed by atoms with Gasteiger partial charge in [0.25, 0.3) is 0 Å². The molecule has 132 valence electrons. The lowest BCUT2D eigenvalue weighted by Crippen LogP contribution is -2.56. The van der Waals surface area contributed by atoms with Gasteiger partial charge >= 0.3 is 0 Å². The van der Waals surface area contributed by atoms with Crippen molar-refractivity contribution in [3.63, 3.8) is 0 Å². The fraction of sp³-hybridized carbons (Fsp3) is 0.611. The summed E-state index contributed by atoms with van der Waals surface area (Å²) in [5.74, 6) is -0.433. The lowest BCUT2D eigenvalue weighted by molar-refractivity contribution is -0.123. The Kier molecular flexibility index (Phi) is 5.48. The normalized spacial score (nSPS) is 27.2. The van der Waals surface area contributed by atoms with Crippen LogP contribution in [0.15, 0.2) is 24.3 Å². The fourth-order valence-corrected chi connectivity index (χ4v) is 3.94. The first-order valence-electron chi connectivity index (χ1n) is 8.72. The summed E-state index contributed by atoms with van der Waals surface area (Å²) in [6, 6.07) is 6.92. The van der Waals surface area contributed by atoms with E-state index < -0.39 is 6.10 Å². The third kappa shape index (κ3) is 3.94. The Labute approximate surface area is 142 Å². The number of rotatable bonds is 4. The Morgan fingerprint density at radius 2 is 1.92 bits per heavy atom. The number of benzene rings is 1. The molecule has 0 saturated carbocycles. The van der Waals surface area contributed by atoms with Gasteiger partial charge in [0.1, 0.15) is 5.82 Å². The molecule has 0 bridgehead atoms. The van der Waals surface area contributed by atoms with Gasteiger partial charge in [-0.25, -0.2) is 4.39 Å². The molecule has 0 spiro atoms. The second-order valence-electron chi connectivity index (χ2n) is 6.96. The van der Waals surface area contributed by atoms with Crippen molar-refractivity contribution in [3.05, 3.63) is 35.6 Å². The molecule has 2 heterocycles. The van der Waals surface area contributed by atoms with Gasteiger partial charge in [0.2, 0.25) is 5.91 Å². The second-order valence-corrected chi connectivity index (χ2v) is 6.96. The summed E-state index contributed by atoms with van der Waals surface area (Å²) in [5.41, 5.74) is 6.05. The smallest absolute Gasteiger partial charge is 0.220 e. The number of β-amino-alcohol motifs (C(OH)–C–C–N with tert-alkyl or cyclic N) is 1. The molecule has 1 aromatic rings. The van der Waals surface area contributed by atoms with Gasteiger partial charge in [-0.15, -0.1) is 0 Å². The summed E-state index contributed by atoms with van der Waals surface area (Å²) in [6.07, 6.45) is 1.96. The number of carbonyl (C=O) groups is 1. The van der Waals surface area contributed by atoms with Gasteiger partial charge < -0.3 is 10.8 Å². The van der Waals surface area contributed by atoms with Crippen molar-refractivity contribution in [1.29, 1.82) is 0 Å². The molecule has 2 aliphatic heterocycles. The number of likely N-dealkylation sites (tertiary alicyclic amines) is 2. The van der Waals surface area contributed by atoms with Crippen molar-refractivity contribution in [2.24, 2.45) is 11.7 Å². The van der Waals surface area contributed by atoms with Crippen LogP contribution in [0.1, 0.15) is 24.8 Å². The Hall–Kier alpha value is -1.50. The Balaban J connectivity index is 1.52. The van der Waals surface area contributed by atoms with Crippen molar-refractivity contribution < 1.29 is 14.3 Å². The lowest BCUT2D eigenvalue weighted by atomic mass is 9.92. The largest absolute Gasteiger partial charge is 0.390 e. The molecule has 2 aliphatic rings. The second kappa shape index (κ2) is 7.59. The van der Waals surface area contributed by atoms with E-state index in [1.807, 2.05) is 6.07 Å². The number of hydrogen-bond acceptors (Lipinski definition) is 4. The molecule has 1 aromatic carbocycles. The van der Waals surface area contributed by atoms with E-state index in [1.165, 1.54) is 6.07 Å². The van der Waals surface area contributed by atoms with Crippen molar-refractivity contribution in [2.75, 3.05) is 26.2 Å². The lowest BCUT2D eigenvalue weighted by Gasteiger charge is -2.44. The highest BCUT2D eigenvalue weighted by atomic mass is 19.1. The quantitative estimate of drug-likeness (QED) is 0.860. The zero-order chi connectivity index (χ0) is 17.1. The van der Waals surface area contributed by atoms with Crippen molar-refractivity contribution >= 4 is 5.91 Å². The van der Waals surface area contributed by atoms with E-state index in [1.54, 1.807) is 12.1 Å². The SMILES string of the molecule is NC(=O)C1CCN([C@@H]2CCN(Cc3ccccc3F)C[C@H]2O)CC1. The number of carbonyl (C=O) groups excluding carboxylic acids is 1. The van der Waals surface area contributed by atoms with Crippen LogP contribution in [0.25, 0.3) is 0 Å². The third-order valence-electron chi connectivity index (χ3n) is 5.38. The van der Waals surface area contributed by atoms with Crippen LogP contribution in [-0.2, 0) is 11.3 Å². The fourth-order valence-electron chi connectivity index (χ4n) is 3.94. The topological polar surface area (TPSA) is 69.8 Å². The van der Waals surface area contributed by atoms with Crippen LogP contribution < -0.4 is 5.73 Å².